The molecule has 1 heterocycles. The van der Waals surface area contributed by atoms with Crippen molar-refractivity contribution in [3.05, 3.63) is 107 Å². The van der Waals surface area contributed by atoms with Gasteiger partial charge >= 0.3 is 12.4 Å². The first-order valence-electron chi connectivity index (χ1n) is 11.4. The van der Waals surface area contributed by atoms with Gasteiger partial charge in [-0.05, 0) is 28.8 Å². The zero-order valence-electron chi connectivity index (χ0n) is 19.4. The molecule has 3 aromatic carbocycles. The van der Waals surface area contributed by atoms with E-state index in [1.54, 1.807) is 12.1 Å². The molecule has 1 fully saturated rings. The Morgan fingerprint density at radius 1 is 0.838 bits per heavy atom. The van der Waals surface area contributed by atoms with Gasteiger partial charge in [0.1, 0.15) is 5.82 Å². The molecule has 1 aliphatic rings. The van der Waals surface area contributed by atoms with Gasteiger partial charge in [-0.3, -0.25) is 0 Å². The molecule has 37 heavy (non-hydrogen) atoms. The zero-order chi connectivity index (χ0) is 26.9. The van der Waals surface area contributed by atoms with E-state index in [2.05, 4.69) is 5.32 Å². The van der Waals surface area contributed by atoms with Crippen LogP contribution in [0, 0.1) is 5.82 Å². The van der Waals surface area contributed by atoms with E-state index in [1.807, 2.05) is 30.3 Å². The molecule has 3 nitrogen and oxygen atoms in total. The van der Waals surface area contributed by atoms with Crippen molar-refractivity contribution in [1.29, 1.82) is 0 Å². The number of benzene rings is 3. The SMILES string of the molecule is OC(c1ccc([C@H]2CNC[C@@]2(COCc2ccccc2)c2ccc(F)cc2)cc1)(C(F)(F)F)C(F)(F)F. The highest BCUT2D eigenvalue weighted by molar-refractivity contribution is 5.40. The summed E-state index contributed by atoms with van der Waals surface area (Å²) in [7, 11) is 0. The van der Waals surface area contributed by atoms with Crippen LogP contribution < -0.4 is 5.32 Å². The largest absolute Gasteiger partial charge is 0.430 e. The summed E-state index contributed by atoms with van der Waals surface area (Å²) in [6.45, 7) is 1.17. The normalized spacial score (nSPS) is 20.8. The van der Waals surface area contributed by atoms with E-state index in [9.17, 15) is 35.8 Å². The number of hydrogen-bond acceptors (Lipinski definition) is 3. The van der Waals surface area contributed by atoms with Gasteiger partial charge in [0.25, 0.3) is 5.60 Å². The minimum absolute atomic E-state index is 0.155. The minimum atomic E-state index is -5.97. The van der Waals surface area contributed by atoms with Gasteiger partial charge < -0.3 is 15.2 Å². The van der Waals surface area contributed by atoms with Crippen molar-refractivity contribution in [3.63, 3.8) is 0 Å². The molecule has 0 aromatic heterocycles. The highest BCUT2D eigenvalue weighted by Gasteiger charge is 2.71. The molecule has 1 saturated heterocycles. The Morgan fingerprint density at radius 3 is 2.00 bits per heavy atom. The third-order valence-corrected chi connectivity index (χ3v) is 6.90. The van der Waals surface area contributed by atoms with Gasteiger partial charge in [-0.15, -0.1) is 0 Å². The van der Waals surface area contributed by atoms with Crippen LogP contribution in [0.4, 0.5) is 30.7 Å². The fraction of sp³-hybridized carbons (Fsp3) is 0.333. The highest BCUT2D eigenvalue weighted by atomic mass is 19.4. The third-order valence-electron chi connectivity index (χ3n) is 6.90. The zero-order valence-corrected chi connectivity index (χ0v) is 19.4. The fourth-order valence-electron chi connectivity index (χ4n) is 4.88. The number of ether oxygens (including phenoxy) is 1. The van der Waals surface area contributed by atoms with Crippen LogP contribution in [0.5, 0.6) is 0 Å². The Balaban J connectivity index is 1.68. The molecule has 0 aliphatic carbocycles. The molecule has 0 radical (unpaired) electrons. The maximum Gasteiger partial charge on any atom is 0.430 e. The van der Waals surface area contributed by atoms with Crippen molar-refractivity contribution < 1.29 is 40.6 Å². The second-order valence-electron chi connectivity index (χ2n) is 9.15. The Morgan fingerprint density at radius 2 is 1.43 bits per heavy atom. The topological polar surface area (TPSA) is 41.5 Å². The lowest BCUT2D eigenvalue weighted by Crippen LogP contribution is -2.53. The van der Waals surface area contributed by atoms with Gasteiger partial charge in [0.15, 0.2) is 0 Å². The smallest absolute Gasteiger partial charge is 0.376 e. The van der Waals surface area contributed by atoms with Crippen LogP contribution in [0.15, 0.2) is 78.9 Å². The molecular formula is C27H24F7NO2. The maximum atomic E-state index is 13.7. The van der Waals surface area contributed by atoms with Crippen molar-refractivity contribution in [2.45, 2.75) is 35.9 Å². The quantitative estimate of drug-likeness (QED) is 0.372. The van der Waals surface area contributed by atoms with E-state index in [-0.39, 0.29) is 13.2 Å². The molecule has 3 aromatic rings. The van der Waals surface area contributed by atoms with Crippen LogP contribution in [0.25, 0.3) is 0 Å². The summed E-state index contributed by atoms with van der Waals surface area (Å²) >= 11 is 0. The molecular weight excluding hydrogens is 503 g/mol. The first-order chi connectivity index (χ1) is 17.4. The number of nitrogens with one attached hydrogen (secondary N) is 1. The fourth-order valence-corrected chi connectivity index (χ4v) is 4.88. The monoisotopic (exact) mass is 527 g/mol. The van der Waals surface area contributed by atoms with Gasteiger partial charge in [-0.1, -0.05) is 66.7 Å². The Labute approximate surface area is 208 Å². The van der Waals surface area contributed by atoms with Gasteiger partial charge in [0.2, 0.25) is 0 Å². The summed E-state index contributed by atoms with van der Waals surface area (Å²) in [6.07, 6.45) is -11.9. The molecule has 0 saturated carbocycles. The van der Waals surface area contributed by atoms with Crippen LogP contribution in [-0.4, -0.2) is 37.2 Å². The van der Waals surface area contributed by atoms with E-state index in [0.29, 0.717) is 36.3 Å². The second-order valence-corrected chi connectivity index (χ2v) is 9.15. The Bertz CT molecular complexity index is 1160. The number of rotatable bonds is 7. The summed E-state index contributed by atoms with van der Waals surface area (Å²) in [5.41, 5.74) is -5.03. The summed E-state index contributed by atoms with van der Waals surface area (Å²) < 4.78 is 99.6. The lowest BCUT2D eigenvalue weighted by Gasteiger charge is -2.36. The van der Waals surface area contributed by atoms with E-state index in [4.69, 9.17) is 4.74 Å². The van der Waals surface area contributed by atoms with Crippen LogP contribution in [0.3, 0.4) is 0 Å². The average molecular weight is 527 g/mol. The molecule has 0 bridgehead atoms. The van der Waals surface area contributed by atoms with Crippen molar-refractivity contribution in [3.8, 4) is 0 Å². The maximum absolute atomic E-state index is 13.7. The summed E-state index contributed by atoms with van der Waals surface area (Å²) in [5, 5.41) is 13.0. The van der Waals surface area contributed by atoms with Gasteiger partial charge in [0.05, 0.1) is 13.2 Å². The van der Waals surface area contributed by atoms with E-state index >= 15 is 0 Å². The minimum Gasteiger partial charge on any atom is -0.376 e. The molecule has 0 unspecified atom stereocenters. The molecule has 198 valence electrons. The predicted octanol–water partition coefficient (Wildman–Crippen LogP) is 5.98. The Kier molecular flexibility index (Phi) is 7.38. The molecule has 2 N–H and O–H groups in total. The molecule has 10 heteroatoms. The molecule has 2 atom stereocenters. The lowest BCUT2D eigenvalue weighted by atomic mass is 9.70. The molecule has 1 aliphatic heterocycles. The number of aliphatic hydroxyl groups is 1. The molecule has 4 rings (SSSR count). The molecule has 0 spiro atoms. The first-order valence-corrected chi connectivity index (χ1v) is 11.4. The number of hydrogen-bond donors (Lipinski definition) is 2. The van der Waals surface area contributed by atoms with Crippen molar-refractivity contribution in [2.24, 2.45) is 0 Å². The highest BCUT2D eigenvalue weighted by Crippen LogP contribution is 2.50. The average Bonchev–Trinajstić information content (AvgIpc) is 3.28. The summed E-state index contributed by atoms with van der Waals surface area (Å²) in [6, 6.07) is 18.7. The van der Waals surface area contributed by atoms with E-state index in [0.717, 1.165) is 17.7 Å². The van der Waals surface area contributed by atoms with Crippen molar-refractivity contribution in [1.82, 2.24) is 5.32 Å². The van der Waals surface area contributed by atoms with Gasteiger partial charge in [0, 0.05) is 30.0 Å². The van der Waals surface area contributed by atoms with Crippen LogP contribution >= 0.6 is 0 Å². The predicted molar refractivity (Wildman–Crippen MR) is 122 cm³/mol. The van der Waals surface area contributed by atoms with Crippen LogP contribution in [0.2, 0.25) is 0 Å². The summed E-state index contributed by atoms with van der Waals surface area (Å²) in [5.74, 6) is -0.873. The Hall–Kier alpha value is -2.95. The standard InChI is InChI=1S/C27H24F7NO2/c28-22-12-10-20(11-13-22)24(17-37-15-18-4-2-1-3-5-18)16-35-14-23(24)19-6-8-21(9-7-19)25(36,26(29,30)31)27(32,33)34/h1-13,23,35-36H,14-17H2/t23-,24-/m1/s1. The van der Waals surface area contributed by atoms with Crippen molar-refractivity contribution >= 4 is 0 Å². The lowest BCUT2D eigenvalue weighted by molar-refractivity contribution is -0.376. The van der Waals surface area contributed by atoms with Crippen molar-refractivity contribution in [2.75, 3.05) is 19.7 Å². The van der Waals surface area contributed by atoms with E-state index < -0.39 is 40.7 Å². The first kappa shape index (κ1) is 27.1. The summed E-state index contributed by atoms with van der Waals surface area (Å²) in [4.78, 5) is 0. The van der Waals surface area contributed by atoms with Gasteiger partial charge in [-0.25, -0.2) is 4.39 Å². The number of alkyl halides is 6. The molecule has 0 amide bonds. The van der Waals surface area contributed by atoms with Crippen LogP contribution in [-0.2, 0) is 22.4 Å². The second kappa shape index (κ2) is 10.1. The van der Waals surface area contributed by atoms with E-state index in [1.165, 1.54) is 12.1 Å². The van der Waals surface area contributed by atoms with Gasteiger partial charge in [-0.2, -0.15) is 26.3 Å². The third kappa shape index (κ3) is 5.10. The van der Waals surface area contributed by atoms with Crippen LogP contribution in [0.1, 0.15) is 28.2 Å². The number of halogens is 7.